The van der Waals surface area contributed by atoms with E-state index in [4.69, 9.17) is 5.73 Å². The van der Waals surface area contributed by atoms with Gasteiger partial charge in [0.25, 0.3) is 0 Å². The Bertz CT molecular complexity index is 255. The van der Waals surface area contributed by atoms with E-state index in [9.17, 15) is 0 Å². The first-order chi connectivity index (χ1) is 7.93. The Balaban J connectivity index is 2.34. The van der Waals surface area contributed by atoms with E-state index in [0.717, 1.165) is 19.5 Å². The van der Waals surface area contributed by atoms with Gasteiger partial charge in [0.1, 0.15) is 0 Å². The fourth-order valence-electron chi connectivity index (χ4n) is 2.25. The molecule has 0 aromatic carbocycles. The molecule has 0 aliphatic carbocycles. The Morgan fingerprint density at radius 3 is 2.65 bits per heavy atom. The van der Waals surface area contributed by atoms with Crippen LogP contribution in [0.5, 0.6) is 0 Å². The van der Waals surface area contributed by atoms with E-state index >= 15 is 0 Å². The summed E-state index contributed by atoms with van der Waals surface area (Å²) in [6.07, 6.45) is 6.89. The SMILES string of the molecule is CSCC[C@@H](N)CN1CC=C(C(C)(C)C)CC1. The van der Waals surface area contributed by atoms with Crippen molar-refractivity contribution >= 4 is 11.8 Å². The molecule has 0 bridgehead atoms. The normalized spacial score (nSPS) is 20.2. The van der Waals surface area contributed by atoms with Crippen LogP contribution in [0.1, 0.15) is 33.6 Å². The largest absolute Gasteiger partial charge is 0.327 e. The lowest BCUT2D eigenvalue weighted by atomic mass is 9.83. The van der Waals surface area contributed by atoms with Crippen LogP contribution in [0.4, 0.5) is 0 Å². The van der Waals surface area contributed by atoms with Crippen molar-refractivity contribution in [3.8, 4) is 0 Å². The Kier molecular flexibility index (Phi) is 6.04. The smallest absolute Gasteiger partial charge is 0.0175 e. The van der Waals surface area contributed by atoms with Gasteiger partial charge < -0.3 is 5.73 Å². The molecule has 1 heterocycles. The molecule has 1 aliphatic rings. The monoisotopic (exact) mass is 256 g/mol. The van der Waals surface area contributed by atoms with Crippen LogP contribution >= 0.6 is 11.8 Å². The molecule has 0 aromatic rings. The molecule has 1 rings (SSSR count). The predicted molar refractivity (Wildman–Crippen MR) is 79.6 cm³/mol. The Labute approximate surface area is 111 Å². The second kappa shape index (κ2) is 6.81. The lowest BCUT2D eigenvalue weighted by Crippen LogP contribution is -2.40. The number of rotatable bonds is 5. The molecule has 0 aromatic heterocycles. The summed E-state index contributed by atoms with van der Waals surface area (Å²) in [6, 6.07) is 0.340. The lowest BCUT2D eigenvalue weighted by molar-refractivity contribution is 0.261. The van der Waals surface area contributed by atoms with Gasteiger partial charge in [0.15, 0.2) is 0 Å². The molecule has 0 saturated carbocycles. The molecule has 0 radical (unpaired) electrons. The average molecular weight is 256 g/mol. The molecule has 2 N–H and O–H groups in total. The highest BCUT2D eigenvalue weighted by atomic mass is 32.2. The van der Waals surface area contributed by atoms with Crippen molar-refractivity contribution in [1.29, 1.82) is 0 Å². The standard InChI is InChI=1S/C14H28N2S/c1-14(2,3)12-5-8-16(9-6-12)11-13(15)7-10-17-4/h5,13H,6-11,15H2,1-4H3/t13-/m1/s1. The Hall–Kier alpha value is 0.0100. The first-order valence-corrected chi connectivity index (χ1v) is 7.99. The zero-order valence-corrected chi connectivity index (χ0v) is 12.6. The summed E-state index contributed by atoms with van der Waals surface area (Å²) < 4.78 is 0. The summed E-state index contributed by atoms with van der Waals surface area (Å²) in [7, 11) is 0. The van der Waals surface area contributed by atoms with E-state index in [1.807, 2.05) is 11.8 Å². The van der Waals surface area contributed by atoms with Crippen molar-refractivity contribution in [2.45, 2.75) is 39.7 Å². The Morgan fingerprint density at radius 1 is 1.47 bits per heavy atom. The molecule has 1 atom stereocenters. The molecular formula is C14H28N2S. The molecule has 0 spiro atoms. The minimum Gasteiger partial charge on any atom is -0.327 e. The minimum absolute atomic E-state index is 0.340. The van der Waals surface area contributed by atoms with Crippen LogP contribution in [0.3, 0.4) is 0 Å². The van der Waals surface area contributed by atoms with E-state index in [0.29, 0.717) is 11.5 Å². The molecule has 0 fully saturated rings. The summed E-state index contributed by atoms with van der Waals surface area (Å²) in [5.41, 5.74) is 8.08. The van der Waals surface area contributed by atoms with Crippen molar-refractivity contribution in [3.05, 3.63) is 11.6 Å². The fraction of sp³-hybridized carbons (Fsp3) is 0.857. The molecule has 3 heteroatoms. The van der Waals surface area contributed by atoms with Gasteiger partial charge in [-0.1, -0.05) is 32.4 Å². The third kappa shape index (κ3) is 5.45. The molecule has 17 heavy (non-hydrogen) atoms. The van der Waals surface area contributed by atoms with Gasteiger partial charge in [-0.25, -0.2) is 0 Å². The summed E-state index contributed by atoms with van der Waals surface area (Å²) in [6.45, 7) is 10.2. The highest BCUT2D eigenvalue weighted by Gasteiger charge is 2.21. The van der Waals surface area contributed by atoms with E-state index in [1.54, 1.807) is 5.57 Å². The van der Waals surface area contributed by atoms with Crippen molar-refractivity contribution in [3.63, 3.8) is 0 Å². The second-order valence-electron chi connectivity index (χ2n) is 6.03. The molecule has 100 valence electrons. The van der Waals surface area contributed by atoms with Crippen molar-refractivity contribution in [1.82, 2.24) is 4.90 Å². The summed E-state index contributed by atoms with van der Waals surface area (Å²) in [5, 5.41) is 0. The van der Waals surface area contributed by atoms with Crippen LogP contribution in [0.2, 0.25) is 0 Å². The topological polar surface area (TPSA) is 29.3 Å². The zero-order valence-electron chi connectivity index (χ0n) is 11.8. The van der Waals surface area contributed by atoms with Gasteiger partial charge in [0.05, 0.1) is 0 Å². The number of nitrogens with two attached hydrogens (primary N) is 1. The van der Waals surface area contributed by atoms with Crippen LogP contribution in [-0.4, -0.2) is 42.6 Å². The van der Waals surface area contributed by atoms with Gasteiger partial charge in [-0.3, -0.25) is 4.90 Å². The second-order valence-corrected chi connectivity index (χ2v) is 7.02. The number of hydrogen-bond acceptors (Lipinski definition) is 3. The van der Waals surface area contributed by atoms with Gasteiger partial charge in [-0.15, -0.1) is 0 Å². The molecule has 0 saturated heterocycles. The minimum atomic E-state index is 0.340. The summed E-state index contributed by atoms with van der Waals surface area (Å²) in [5.74, 6) is 1.18. The maximum Gasteiger partial charge on any atom is 0.0175 e. The van der Waals surface area contributed by atoms with Crippen LogP contribution < -0.4 is 5.73 Å². The highest BCUT2D eigenvalue weighted by molar-refractivity contribution is 7.98. The van der Waals surface area contributed by atoms with Crippen molar-refractivity contribution < 1.29 is 0 Å². The molecule has 0 unspecified atom stereocenters. The van der Waals surface area contributed by atoms with Gasteiger partial charge in [-0.05, 0) is 30.3 Å². The zero-order chi connectivity index (χ0) is 12.9. The van der Waals surface area contributed by atoms with Gasteiger partial charge >= 0.3 is 0 Å². The number of nitrogens with zero attached hydrogens (tertiary/aromatic N) is 1. The summed E-state index contributed by atoms with van der Waals surface area (Å²) >= 11 is 1.89. The molecule has 2 nitrogen and oxygen atoms in total. The summed E-state index contributed by atoms with van der Waals surface area (Å²) in [4.78, 5) is 2.49. The number of thioether (sulfide) groups is 1. The van der Waals surface area contributed by atoms with Crippen LogP contribution in [0.25, 0.3) is 0 Å². The van der Waals surface area contributed by atoms with Gasteiger partial charge in [-0.2, -0.15) is 11.8 Å². The lowest BCUT2D eigenvalue weighted by Gasteiger charge is -2.33. The third-order valence-electron chi connectivity index (χ3n) is 3.44. The number of hydrogen-bond donors (Lipinski definition) is 1. The first-order valence-electron chi connectivity index (χ1n) is 6.60. The van der Waals surface area contributed by atoms with Crippen LogP contribution in [0.15, 0.2) is 11.6 Å². The maximum atomic E-state index is 6.14. The van der Waals surface area contributed by atoms with E-state index < -0.39 is 0 Å². The molecule has 1 aliphatic heterocycles. The van der Waals surface area contributed by atoms with Crippen LogP contribution in [-0.2, 0) is 0 Å². The quantitative estimate of drug-likeness (QED) is 0.767. The maximum absolute atomic E-state index is 6.14. The average Bonchev–Trinajstić information content (AvgIpc) is 2.26. The first kappa shape index (κ1) is 15.1. The molecular weight excluding hydrogens is 228 g/mol. The van der Waals surface area contributed by atoms with E-state index in [1.165, 1.54) is 18.7 Å². The van der Waals surface area contributed by atoms with E-state index in [2.05, 4.69) is 38.0 Å². The fourth-order valence-corrected chi connectivity index (χ4v) is 2.79. The Morgan fingerprint density at radius 2 is 2.18 bits per heavy atom. The van der Waals surface area contributed by atoms with Gasteiger partial charge in [0, 0.05) is 25.7 Å². The van der Waals surface area contributed by atoms with Crippen molar-refractivity contribution in [2.24, 2.45) is 11.1 Å². The van der Waals surface area contributed by atoms with Crippen molar-refractivity contribution in [2.75, 3.05) is 31.6 Å². The van der Waals surface area contributed by atoms with Crippen LogP contribution in [0, 0.1) is 5.41 Å². The van der Waals surface area contributed by atoms with E-state index in [-0.39, 0.29) is 0 Å². The predicted octanol–water partition coefficient (Wildman–Crippen LogP) is 2.75. The third-order valence-corrected chi connectivity index (χ3v) is 4.09. The molecule has 0 amide bonds. The highest BCUT2D eigenvalue weighted by Crippen LogP contribution is 2.29. The van der Waals surface area contributed by atoms with Gasteiger partial charge in [0.2, 0.25) is 0 Å².